The van der Waals surface area contributed by atoms with E-state index in [-0.39, 0.29) is 12.7 Å². The first kappa shape index (κ1) is 26.4. The van der Waals surface area contributed by atoms with Crippen LogP contribution in [0.15, 0.2) is 54.6 Å². The number of benzene rings is 2. The molecule has 0 saturated carbocycles. The molecule has 0 radical (unpaired) electrons. The van der Waals surface area contributed by atoms with Crippen LogP contribution in [0.25, 0.3) is 0 Å². The van der Waals surface area contributed by atoms with Crippen LogP contribution in [0.2, 0.25) is 0 Å². The van der Waals surface area contributed by atoms with Gasteiger partial charge in [-0.1, -0.05) is 61.2 Å². The van der Waals surface area contributed by atoms with Gasteiger partial charge in [-0.05, 0) is 63.8 Å². The molecule has 2 unspecified atom stereocenters. The molecule has 0 amide bonds. The van der Waals surface area contributed by atoms with Crippen LogP contribution in [0.5, 0.6) is 5.75 Å². The Hall–Kier alpha value is -2.81. The van der Waals surface area contributed by atoms with Crippen LogP contribution in [0.4, 0.5) is 0 Å². The summed E-state index contributed by atoms with van der Waals surface area (Å²) in [5.74, 6) is 1.73. The van der Waals surface area contributed by atoms with Crippen molar-refractivity contribution in [3.8, 4) is 18.1 Å². The van der Waals surface area contributed by atoms with E-state index in [1.165, 1.54) is 0 Å². The van der Waals surface area contributed by atoms with Gasteiger partial charge in [0, 0.05) is 0 Å². The number of rotatable bonds is 12. The second-order valence-corrected chi connectivity index (χ2v) is 9.25. The predicted molar refractivity (Wildman–Crippen MR) is 130 cm³/mol. The van der Waals surface area contributed by atoms with Crippen LogP contribution >= 0.6 is 0 Å². The van der Waals surface area contributed by atoms with Crippen molar-refractivity contribution in [2.24, 2.45) is 5.92 Å². The second-order valence-electron chi connectivity index (χ2n) is 9.25. The molecule has 178 valence electrons. The van der Waals surface area contributed by atoms with E-state index in [2.05, 4.69) is 5.92 Å². The zero-order valence-electron chi connectivity index (χ0n) is 20.1. The summed E-state index contributed by atoms with van der Waals surface area (Å²) in [4.78, 5) is 13.3. The fraction of sp³-hybridized carbons (Fsp3) is 0.464. The van der Waals surface area contributed by atoms with Crippen molar-refractivity contribution >= 4 is 5.97 Å². The summed E-state index contributed by atoms with van der Waals surface area (Å²) < 4.78 is 11.0. The van der Waals surface area contributed by atoms with Crippen molar-refractivity contribution < 1.29 is 24.5 Å². The maximum Gasteiger partial charge on any atom is 0.312 e. The maximum atomic E-state index is 13.3. The predicted octanol–water partition coefficient (Wildman–Crippen LogP) is 4.83. The summed E-state index contributed by atoms with van der Waals surface area (Å²) in [7, 11) is 0. The highest BCUT2D eigenvalue weighted by Gasteiger charge is 2.45. The third-order valence-electron chi connectivity index (χ3n) is 5.50. The lowest BCUT2D eigenvalue weighted by atomic mass is 9.73. The molecule has 2 aromatic carbocycles. The van der Waals surface area contributed by atoms with Gasteiger partial charge in [-0.25, -0.2) is 0 Å². The molecular weight excluding hydrogens is 416 g/mol. The summed E-state index contributed by atoms with van der Waals surface area (Å²) in [6, 6.07) is 16.2. The van der Waals surface area contributed by atoms with Gasteiger partial charge in [-0.15, -0.1) is 6.42 Å². The van der Waals surface area contributed by atoms with Crippen LogP contribution in [0.3, 0.4) is 0 Å². The molecule has 2 atom stereocenters. The lowest BCUT2D eigenvalue weighted by Crippen LogP contribution is -2.42. The van der Waals surface area contributed by atoms with E-state index in [0.717, 1.165) is 6.42 Å². The number of ether oxygens (including phenoxy) is 2. The Morgan fingerprint density at radius 1 is 1.00 bits per heavy atom. The fourth-order valence-corrected chi connectivity index (χ4v) is 3.91. The van der Waals surface area contributed by atoms with Crippen LogP contribution in [0, 0.1) is 18.3 Å². The number of esters is 1. The number of hydrogen-bond donors (Lipinski definition) is 2. The smallest absolute Gasteiger partial charge is 0.312 e. The maximum absolute atomic E-state index is 13.3. The van der Waals surface area contributed by atoms with Crippen molar-refractivity contribution in [3.05, 3.63) is 65.7 Å². The van der Waals surface area contributed by atoms with Crippen molar-refractivity contribution in [3.63, 3.8) is 0 Å². The minimum absolute atomic E-state index is 0.146. The lowest BCUT2D eigenvalue weighted by molar-refractivity contribution is -0.161. The van der Waals surface area contributed by atoms with Gasteiger partial charge in [-0.2, -0.15) is 0 Å². The van der Waals surface area contributed by atoms with Gasteiger partial charge in [-0.3, -0.25) is 4.79 Å². The first-order valence-electron chi connectivity index (χ1n) is 11.5. The average molecular weight is 453 g/mol. The Morgan fingerprint density at radius 2 is 1.61 bits per heavy atom. The van der Waals surface area contributed by atoms with Crippen molar-refractivity contribution in [1.82, 2.24) is 0 Å². The number of unbranched alkanes of at least 4 members (excludes halogenated alkanes) is 1. The van der Waals surface area contributed by atoms with Gasteiger partial charge in [0.05, 0.1) is 17.6 Å². The molecule has 2 aromatic rings. The summed E-state index contributed by atoms with van der Waals surface area (Å²) >= 11 is 0. The van der Waals surface area contributed by atoms with Crippen LogP contribution in [0.1, 0.15) is 64.5 Å². The van der Waals surface area contributed by atoms with Gasteiger partial charge in [0.15, 0.2) is 0 Å². The Balaban J connectivity index is 2.46. The highest BCUT2D eigenvalue weighted by atomic mass is 16.5. The van der Waals surface area contributed by atoms with E-state index < -0.39 is 23.1 Å². The fourth-order valence-electron chi connectivity index (χ4n) is 3.91. The van der Waals surface area contributed by atoms with Crippen LogP contribution in [-0.4, -0.2) is 34.5 Å². The largest absolute Gasteiger partial charge is 0.481 e. The number of carbonyl (C=O) groups excluding carboxylic acids is 1. The van der Waals surface area contributed by atoms with Crippen molar-refractivity contribution in [1.29, 1.82) is 0 Å². The average Bonchev–Trinajstić information content (AvgIpc) is 2.77. The van der Waals surface area contributed by atoms with Gasteiger partial charge >= 0.3 is 5.97 Å². The van der Waals surface area contributed by atoms with Crippen LogP contribution in [-0.2, 0) is 15.1 Å². The molecule has 5 nitrogen and oxygen atoms in total. The van der Waals surface area contributed by atoms with Gasteiger partial charge < -0.3 is 19.7 Å². The molecule has 0 aliphatic heterocycles. The first-order chi connectivity index (χ1) is 15.6. The molecule has 0 bridgehead atoms. The first-order valence-corrected chi connectivity index (χ1v) is 11.5. The van der Waals surface area contributed by atoms with E-state index in [0.29, 0.717) is 36.1 Å². The summed E-state index contributed by atoms with van der Waals surface area (Å²) in [6.07, 6.45) is 7.34. The summed E-state index contributed by atoms with van der Waals surface area (Å²) in [5.41, 5.74) is -1.21. The molecule has 0 heterocycles. The monoisotopic (exact) mass is 452 g/mol. The Bertz CT molecular complexity index is 906. The standard InChI is InChI=1S/C28H36O5/c1-6-20-32-24-17-15-23(16-18-24)28(31,22-12-8-7-9-13-22)25(26(29)33-21(2)3)14-10-11-19-27(4,5)30/h1,7-9,12-13,15-18,21,25,30-31H,10-11,14,19-20H2,2-5H3. The lowest BCUT2D eigenvalue weighted by Gasteiger charge is -2.36. The molecule has 0 aromatic heterocycles. The molecule has 0 spiro atoms. The number of aliphatic hydroxyl groups is 2. The topological polar surface area (TPSA) is 76.0 Å². The minimum atomic E-state index is -1.60. The van der Waals surface area contributed by atoms with E-state index in [4.69, 9.17) is 15.9 Å². The molecule has 33 heavy (non-hydrogen) atoms. The highest BCUT2D eigenvalue weighted by Crippen LogP contribution is 2.41. The molecule has 0 fully saturated rings. The second kappa shape index (κ2) is 11.9. The Kier molecular flexibility index (Phi) is 9.52. The number of terminal acetylenes is 1. The van der Waals surface area contributed by atoms with Crippen LogP contribution < -0.4 is 4.74 Å². The van der Waals surface area contributed by atoms with Gasteiger partial charge in [0.25, 0.3) is 0 Å². The zero-order valence-corrected chi connectivity index (χ0v) is 20.1. The highest BCUT2D eigenvalue weighted by molar-refractivity contribution is 5.75. The third kappa shape index (κ3) is 7.63. The van der Waals surface area contributed by atoms with E-state index >= 15 is 0 Å². The van der Waals surface area contributed by atoms with E-state index in [9.17, 15) is 15.0 Å². The molecule has 2 N–H and O–H groups in total. The zero-order chi connectivity index (χ0) is 24.5. The van der Waals surface area contributed by atoms with E-state index in [1.807, 2.05) is 30.3 Å². The van der Waals surface area contributed by atoms with Crippen molar-refractivity contribution in [2.45, 2.75) is 70.7 Å². The molecule has 2 rings (SSSR count). The molecule has 0 saturated heterocycles. The SMILES string of the molecule is C#CCOc1ccc(C(O)(c2ccccc2)C(CCCCC(C)(C)O)C(=O)OC(C)C)cc1. The Labute approximate surface area is 197 Å². The molecule has 5 heteroatoms. The number of carbonyl (C=O) groups is 1. The minimum Gasteiger partial charge on any atom is -0.481 e. The summed E-state index contributed by atoms with van der Waals surface area (Å²) in [6.45, 7) is 7.26. The summed E-state index contributed by atoms with van der Waals surface area (Å²) in [5, 5.41) is 22.2. The molecule has 0 aliphatic rings. The quantitative estimate of drug-likeness (QED) is 0.274. The normalized spacial score (nSPS) is 14.2. The number of hydrogen-bond acceptors (Lipinski definition) is 5. The molecular formula is C28H36O5. The Morgan fingerprint density at radius 3 is 2.15 bits per heavy atom. The van der Waals surface area contributed by atoms with Gasteiger partial charge in [0.1, 0.15) is 18.0 Å². The van der Waals surface area contributed by atoms with E-state index in [1.54, 1.807) is 52.0 Å². The van der Waals surface area contributed by atoms with Crippen molar-refractivity contribution in [2.75, 3.05) is 6.61 Å². The third-order valence-corrected chi connectivity index (χ3v) is 5.50. The molecule has 0 aliphatic carbocycles. The van der Waals surface area contributed by atoms with Gasteiger partial charge in [0.2, 0.25) is 0 Å².